The lowest BCUT2D eigenvalue weighted by molar-refractivity contribution is -0.128. The van der Waals surface area contributed by atoms with Crippen molar-refractivity contribution in [2.45, 2.75) is 43.7 Å². The van der Waals surface area contributed by atoms with Gasteiger partial charge < -0.3 is 14.5 Å². The Balaban J connectivity index is 1.33. The number of piperazine rings is 1. The van der Waals surface area contributed by atoms with E-state index in [1.54, 1.807) is 4.90 Å². The number of benzene rings is 2. The van der Waals surface area contributed by atoms with Crippen LogP contribution in [0.3, 0.4) is 0 Å². The van der Waals surface area contributed by atoms with Crippen LogP contribution in [0.25, 0.3) is 33.1 Å². The van der Waals surface area contributed by atoms with E-state index in [1.165, 1.54) is 6.08 Å². The third-order valence-corrected chi connectivity index (χ3v) is 10.2. The Morgan fingerprint density at radius 2 is 1.84 bits per heavy atom. The lowest BCUT2D eigenvalue weighted by Gasteiger charge is -2.41. The first kappa shape index (κ1) is 29.7. The van der Waals surface area contributed by atoms with Crippen LogP contribution in [0.4, 0.5) is 5.82 Å². The van der Waals surface area contributed by atoms with Crippen LogP contribution in [0.1, 0.15) is 32.1 Å². The van der Waals surface area contributed by atoms with E-state index in [9.17, 15) is 10.1 Å². The Morgan fingerprint density at radius 3 is 2.60 bits per heavy atom. The minimum absolute atomic E-state index is 0.0192. The van der Waals surface area contributed by atoms with Gasteiger partial charge in [-0.05, 0) is 62.4 Å². The molecule has 0 saturated carbocycles. The van der Waals surface area contributed by atoms with Crippen LogP contribution >= 0.6 is 23.2 Å². The predicted molar refractivity (Wildman–Crippen MR) is 177 cm³/mol. The Labute approximate surface area is 272 Å². The molecule has 0 bridgehead atoms. The predicted octanol–water partition coefficient (Wildman–Crippen LogP) is 6.28. The number of aromatic nitrogens is 3. The SMILES string of the molecule is C=CC(=O)N1CCN(c2nc(OCC34CCCN3CCC4)nc3nc(-c4cccc5cccc(Cl)c45)c(Cl)cc23)C[C@@H]1CC#N. The first-order valence-electron chi connectivity index (χ1n) is 15.4. The zero-order valence-corrected chi connectivity index (χ0v) is 26.4. The van der Waals surface area contributed by atoms with E-state index in [0.29, 0.717) is 58.8 Å². The molecule has 0 spiro atoms. The van der Waals surface area contributed by atoms with Crippen LogP contribution in [-0.4, -0.2) is 81.6 Å². The van der Waals surface area contributed by atoms with Gasteiger partial charge in [0, 0.05) is 35.6 Å². The highest BCUT2D eigenvalue weighted by molar-refractivity contribution is 6.38. The summed E-state index contributed by atoms with van der Waals surface area (Å²) in [6.45, 7) is 7.68. The van der Waals surface area contributed by atoms with Crippen LogP contribution in [0.5, 0.6) is 6.01 Å². The number of halogens is 2. The van der Waals surface area contributed by atoms with Crippen LogP contribution < -0.4 is 9.64 Å². The summed E-state index contributed by atoms with van der Waals surface area (Å²) < 4.78 is 6.44. The van der Waals surface area contributed by atoms with Gasteiger partial charge in [0.05, 0.1) is 40.2 Å². The van der Waals surface area contributed by atoms with E-state index < -0.39 is 0 Å². The molecule has 230 valence electrons. The number of nitriles is 1. The van der Waals surface area contributed by atoms with Gasteiger partial charge in [0.2, 0.25) is 5.91 Å². The lowest BCUT2D eigenvalue weighted by atomic mass is 9.95. The zero-order chi connectivity index (χ0) is 31.1. The van der Waals surface area contributed by atoms with Gasteiger partial charge in [0.15, 0.2) is 5.65 Å². The van der Waals surface area contributed by atoms with Crippen molar-refractivity contribution in [2.75, 3.05) is 44.2 Å². The van der Waals surface area contributed by atoms with Crippen molar-refractivity contribution in [3.8, 4) is 23.3 Å². The zero-order valence-electron chi connectivity index (χ0n) is 24.9. The number of hydrogen-bond donors (Lipinski definition) is 0. The number of amides is 1. The normalized spacial score (nSPS) is 19.5. The van der Waals surface area contributed by atoms with Gasteiger partial charge in [0.1, 0.15) is 12.4 Å². The minimum Gasteiger partial charge on any atom is -0.461 e. The number of pyridine rings is 1. The van der Waals surface area contributed by atoms with E-state index in [-0.39, 0.29) is 29.9 Å². The summed E-state index contributed by atoms with van der Waals surface area (Å²) in [6.07, 6.45) is 6.01. The Morgan fingerprint density at radius 1 is 1.07 bits per heavy atom. The number of nitrogens with zero attached hydrogens (tertiary/aromatic N) is 7. The standard InChI is InChI=1S/C34H33Cl2N7O2/c1-2-28(44)43-18-17-41(20-23(43)11-14-37)32-25-19-27(36)30(24-9-3-7-22-8-4-10-26(35)29(22)24)38-31(25)39-33(40-32)45-21-34-12-5-15-42(34)16-6-13-34/h2-4,7-10,19,23H,1,5-6,11-13,15-18,20-21H2/t23-/m0/s1. The quantitative estimate of drug-likeness (QED) is 0.218. The lowest BCUT2D eigenvalue weighted by Crippen LogP contribution is -2.55. The van der Waals surface area contributed by atoms with Crippen molar-refractivity contribution in [1.29, 1.82) is 5.26 Å². The molecule has 9 nitrogen and oxygen atoms in total. The van der Waals surface area contributed by atoms with E-state index in [1.807, 2.05) is 42.5 Å². The number of fused-ring (bicyclic) bond motifs is 3. The molecule has 0 unspecified atom stereocenters. The van der Waals surface area contributed by atoms with Crippen molar-refractivity contribution < 1.29 is 9.53 Å². The van der Waals surface area contributed by atoms with Gasteiger partial charge in [-0.3, -0.25) is 9.69 Å². The molecule has 45 heavy (non-hydrogen) atoms. The number of anilines is 1. The second-order valence-corrected chi connectivity index (χ2v) is 12.9. The Hall–Kier alpha value is -3.97. The van der Waals surface area contributed by atoms with Crippen molar-refractivity contribution in [3.05, 3.63) is 65.2 Å². The van der Waals surface area contributed by atoms with Crippen LogP contribution in [0, 0.1) is 11.3 Å². The largest absolute Gasteiger partial charge is 0.461 e. The highest BCUT2D eigenvalue weighted by atomic mass is 35.5. The van der Waals surface area contributed by atoms with Crippen LogP contribution in [0.2, 0.25) is 10.0 Å². The third-order valence-electron chi connectivity index (χ3n) is 9.56. The maximum Gasteiger partial charge on any atom is 0.320 e. The molecule has 0 radical (unpaired) electrons. The highest BCUT2D eigenvalue weighted by Gasteiger charge is 2.45. The average molecular weight is 643 g/mol. The third kappa shape index (κ3) is 5.35. The maximum atomic E-state index is 12.6. The second kappa shape index (κ2) is 12.1. The van der Waals surface area contributed by atoms with E-state index in [0.717, 1.165) is 55.1 Å². The molecule has 0 N–H and O–H groups in total. The molecule has 3 aliphatic rings. The highest BCUT2D eigenvalue weighted by Crippen LogP contribution is 2.41. The summed E-state index contributed by atoms with van der Waals surface area (Å²) in [5.41, 5.74) is 1.85. The molecule has 2 aromatic carbocycles. The summed E-state index contributed by atoms with van der Waals surface area (Å²) in [6, 6.07) is 15.7. The maximum absolute atomic E-state index is 12.6. The molecule has 5 heterocycles. The van der Waals surface area contributed by atoms with Crippen molar-refractivity contribution >= 4 is 56.7 Å². The molecule has 3 aliphatic heterocycles. The molecule has 1 atom stereocenters. The Bertz CT molecular complexity index is 1840. The molecule has 4 aromatic rings. The molecule has 0 aliphatic carbocycles. The number of carbonyl (C=O) groups is 1. The minimum atomic E-state index is -0.325. The fourth-order valence-corrected chi connectivity index (χ4v) is 7.91. The van der Waals surface area contributed by atoms with Crippen LogP contribution in [0.15, 0.2) is 55.1 Å². The summed E-state index contributed by atoms with van der Waals surface area (Å²) in [5, 5.41) is 13.1. The van der Waals surface area contributed by atoms with Gasteiger partial charge in [-0.25, -0.2) is 4.98 Å². The topological polar surface area (TPSA) is 98.5 Å². The molecule has 11 heteroatoms. The van der Waals surface area contributed by atoms with Crippen molar-refractivity contribution in [1.82, 2.24) is 24.8 Å². The Kier molecular flexibility index (Phi) is 7.98. The van der Waals surface area contributed by atoms with Crippen molar-refractivity contribution in [2.24, 2.45) is 0 Å². The fourth-order valence-electron chi connectivity index (χ4n) is 7.38. The summed E-state index contributed by atoms with van der Waals surface area (Å²) in [5.74, 6) is 0.430. The number of hydrogen-bond acceptors (Lipinski definition) is 8. The fraction of sp³-hybridized carbons (Fsp3) is 0.382. The van der Waals surface area contributed by atoms with Crippen molar-refractivity contribution in [3.63, 3.8) is 0 Å². The van der Waals surface area contributed by atoms with Gasteiger partial charge in [0.25, 0.3) is 0 Å². The van der Waals surface area contributed by atoms with Gasteiger partial charge >= 0.3 is 6.01 Å². The first-order valence-corrected chi connectivity index (χ1v) is 16.1. The molecule has 7 rings (SSSR count). The first-order chi connectivity index (χ1) is 21.9. The summed E-state index contributed by atoms with van der Waals surface area (Å²) >= 11 is 13.7. The number of carbonyl (C=O) groups excluding carboxylic acids is 1. The molecule has 1 amide bonds. The number of ether oxygens (including phenoxy) is 1. The molecule has 2 aromatic heterocycles. The van der Waals surface area contributed by atoms with Gasteiger partial charge in [-0.15, -0.1) is 0 Å². The smallest absolute Gasteiger partial charge is 0.320 e. The second-order valence-electron chi connectivity index (χ2n) is 12.1. The summed E-state index contributed by atoms with van der Waals surface area (Å²) in [4.78, 5) is 33.7. The molecular formula is C34H33Cl2N7O2. The molecule has 3 fully saturated rings. The van der Waals surface area contributed by atoms with E-state index >= 15 is 0 Å². The van der Waals surface area contributed by atoms with Crippen LogP contribution in [-0.2, 0) is 4.79 Å². The monoisotopic (exact) mass is 641 g/mol. The molecule has 3 saturated heterocycles. The number of rotatable bonds is 7. The molecular weight excluding hydrogens is 609 g/mol. The van der Waals surface area contributed by atoms with E-state index in [2.05, 4.69) is 22.4 Å². The van der Waals surface area contributed by atoms with Gasteiger partial charge in [-0.2, -0.15) is 15.2 Å². The average Bonchev–Trinajstić information content (AvgIpc) is 3.64. The summed E-state index contributed by atoms with van der Waals surface area (Å²) in [7, 11) is 0. The van der Waals surface area contributed by atoms with E-state index in [4.69, 9.17) is 42.9 Å². The van der Waals surface area contributed by atoms with Gasteiger partial charge in [-0.1, -0.05) is 60.1 Å².